The van der Waals surface area contributed by atoms with Gasteiger partial charge in [0, 0.05) is 7.05 Å². The Bertz CT molecular complexity index is 206. The van der Waals surface area contributed by atoms with Gasteiger partial charge in [0.1, 0.15) is 5.69 Å². The Morgan fingerprint density at radius 3 is 2.33 bits per heavy atom. The number of aryl methyl sites for hydroxylation is 2. The van der Waals surface area contributed by atoms with Crippen molar-refractivity contribution in [1.29, 1.82) is 0 Å². The number of nitrogens with two attached hydrogens (primary N) is 1. The highest BCUT2D eigenvalue weighted by Gasteiger charge is 2.06. The Morgan fingerprint density at radius 1 is 1.67 bits per heavy atom. The number of anilines is 1. The van der Waals surface area contributed by atoms with Gasteiger partial charge in [0.25, 0.3) is 0 Å². The zero-order chi connectivity index (χ0) is 7.02. The molecule has 3 nitrogen and oxygen atoms in total. The van der Waals surface area contributed by atoms with E-state index in [1.54, 1.807) is 6.92 Å². The van der Waals surface area contributed by atoms with Crippen LogP contribution in [-0.2, 0) is 7.05 Å². The summed E-state index contributed by atoms with van der Waals surface area (Å²) in [7, 11) is 1.51. The van der Waals surface area contributed by atoms with E-state index in [-0.39, 0.29) is 5.69 Å². The van der Waals surface area contributed by atoms with Crippen LogP contribution in [0.4, 0.5) is 10.1 Å². The van der Waals surface area contributed by atoms with Crippen LogP contribution in [0.2, 0.25) is 0 Å². The predicted octanol–water partition coefficient (Wildman–Crippen LogP) is 0.450. The van der Waals surface area contributed by atoms with Crippen molar-refractivity contribution in [3.05, 3.63) is 11.6 Å². The smallest absolute Gasteiger partial charge is 0.234 e. The summed E-state index contributed by atoms with van der Waals surface area (Å²) < 4.78 is 13.6. The monoisotopic (exact) mass is 129 g/mol. The maximum atomic E-state index is 12.5. The van der Waals surface area contributed by atoms with Crippen molar-refractivity contribution in [2.24, 2.45) is 7.05 Å². The minimum Gasteiger partial charge on any atom is -0.393 e. The molecule has 0 aliphatic heterocycles. The normalized spacial score (nSPS) is 10.1. The Labute approximate surface area is 52.3 Å². The summed E-state index contributed by atoms with van der Waals surface area (Å²) in [4.78, 5) is 0. The van der Waals surface area contributed by atoms with E-state index in [0.29, 0.717) is 5.69 Å². The van der Waals surface area contributed by atoms with Crippen molar-refractivity contribution in [3.63, 3.8) is 0 Å². The van der Waals surface area contributed by atoms with Crippen LogP contribution in [0.15, 0.2) is 0 Å². The topological polar surface area (TPSA) is 43.8 Å². The summed E-state index contributed by atoms with van der Waals surface area (Å²) in [5, 5.41) is 3.73. The Kier molecular flexibility index (Phi) is 1.16. The van der Waals surface area contributed by atoms with Gasteiger partial charge in [-0.1, -0.05) is 0 Å². The van der Waals surface area contributed by atoms with Crippen LogP contribution in [0.3, 0.4) is 0 Å². The van der Waals surface area contributed by atoms with Crippen LogP contribution >= 0.6 is 0 Å². The third kappa shape index (κ3) is 0.759. The van der Waals surface area contributed by atoms with Gasteiger partial charge in [-0.15, -0.1) is 0 Å². The lowest BCUT2D eigenvalue weighted by molar-refractivity contribution is 0.506. The molecule has 0 unspecified atom stereocenters. The molecule has 0 bridgehead atoms. The molecule has 0 spiro atoms. The second kappa shape index (κ2) is 1.72. The first-order valence-electron chi connectivity index (χ1n) is 2.57. The maximum Gasteiger partial charge on any atom is 0.234 e. The third-order valence-electron chi connectivity index (χ3n) is 1.20. The fourth-order valence-corrected chi connectivity index (χ4v) is 0.646. The van der Waals surface area contributed by atoms with E-state index in [4.69, 9.17) is 5.73 Å². The molecule has 9 heavy (non-hydrogen) atoms. The standard InChI is InChI=1S/C5H8FN3/c1-3-4(7)5(6)9(2)8-3/h7H2,1-2H3. The number of rotatable bonds is 0. The second-order valence-electron chi connectivity index (χ2n) is 1.91. The molecule has 1 rings (SSSR count). The molecule has 2 N–H and O–H groups in total. The summed E-state index contributed by atoms with van der Waals surface area (Å²) in [5.74, 6) is -0.465. The number of halogens is 1. The van der Waals surface area contributed by atoms with Crippen molar-refractivity contribution in [3.8, 4) is 0 Å². The third-order valence-corrected chi connectivity index (χ3v) is 1.20. The molecule has 50 valence electrons. The summed E-state index contributed by atoms with van der Waals surface area (Å²) in [5.41, 5.74) is 5.92. The molecule has 0 saturated heterocycles. The van der Waals surface area contributed by atoms with E-state index < -0.39 is 5.95 Å². The molecule has 1 heterocycles. The van der Waals surface area contributed by atoms with E-state index in [1.165, 1.54) is 7.05 Å². The van der Waals surface area contributed by atoms with E-state index in [2.05, 4.69) is 5.10 Å². The van der Waals surface area contributed by atoms with Crippen molar-refractivity contribution in [1.82, 2.24) is 9.78 Å². The summed E-state index contributed by atoms with van der Waals surface area (Å²) >= 11 is 0. The van der Waals surface area contributed by atoms with Crippen molar-refractivity contribution >= 4 is 5.69 Å². The minimum absolute atomic E-state index is 0.137. The van der Waals surface area contributed by atoms with Gasteiger partial charge in [0.15, 0.2) is 0 Å². The largest absolute Gasteiger partial charge is 0.393 e. The molecule has 0 aromatic carbocycles. The molecule has 1 aromatic rings. The molecule has 0 fully saturated rings. The van der Waals surface area contributed by atoms with E-state index in [0.717, 1.165) is 4.68 Å². The lowest BCUT2D eigenvalue weighted by atomic mass is 10.4. The first kappa shape index (κ1) is 6.07. The van der Waals surface area contributed by atoms with Gasteiger partial charge in [-0.3, -0.25) is 0 Å². The van der Waals surface area contributed by atoms with Gasteiger partial charge in [0.05, 0.1) is 5.69 Å². The lowest BCUT2D eigenvalue weighted by Crippen LogP contribution is -1.94. The molecule has 0 amide bonds. The van der Waals surface area contributed by atoms with Crippen LogP contribution < -0.4 is 5.73 Å². The van der Waals surface area contributed by atoms with Crippen LogP contribution in [0.5, 0.6) is 0 Å². The molecule has 1 aromatic heterocycles. The van der Waals surface area contributed by atoms with Gasteiger partial charge < -0.3 is 5.73 Å². The van der Waals surface area contributed by atoms with Crippen LogP contribution in [0.25, 0.3) is 0 Å². The first-order valence-corrected chi connectivity index (χ1v) is 2.57. The molecule has 4 heteroatoms. The van der Waals surface area contributed by atoms with Crippen molar-refractivity contribution in [2.75, 3.05) is 5.73 Å². The number of hydrogen-bond donors (Lipinski definition) is 1. The molecule has 0 radical (unpaired) electrons. The second-order valence-corrected chi connectivity index (χ2v) is 1.91. The molecule has 0 aliphatic rings. The Morgan fingerprint density at radius 2 is 2.22 bits per heavy atom. The van der Waals surface area contributed by atoms with E-state index >= 15 is 0 Å². The van der Waals surface area contributed by atoms with Gasteiger partial charge in [-0.2, -0.15) is 9.49 Å². The highest BCUT2D eigenvalue weighted by atomic mass is 19.1. The molecule has 0 saturated carbocycles. The van der Waals surface area contributed by atoms with Gasteiger partial charge in [-0.05, 0) is 6.92 Å². The molecule has 0 atom stereocenters. The minimum atomic E-state index is -0.465. The highest BCUT2D eigenvalue weighted by Crippen LogP contribution is 2.11. The molecular formula is C5H8FN3. The Hall–Kier alpha value is -1.06. The summed E-state index contributed by atoms with van der Waals surface area (Å²) in [6, 6.07) is 0. The van der Waals surface area contributed by atoms with Crippen molar-refractivity contribution in [2.45, 2.75) is 6.92 Å². The quantitative estimate of drug-likeness (QED) is 0.552. The summed E-state index contributed by atoms with van der Waals surface area (Å²) in [6.45, 7) is 1.67. The van der Waals surface area contributed by atoms with Crippen LogP contribution in [0, 0.1) is 12.9 Å². The first-order chi connectivity index (χ1) is 4.13. The number of hydrogen-bond acceptors (Lipinski definition) is 2. The van der Waals surface area contributed by atoms with Gasteiger partial charge >= 0.3 is 0 Å². The zero-order valence-corrected chi connectivity index (χ0v) is 5.35. The van der Waals surface area contributed by atoms with Gasteiger partial charge in [0.2, 0.25) is 5.95 Å². The van der Waals surface area contributed by atoms with E-state index in [9.17, 15) is 4.39 Å². The predicted molar refractivity (Wildman–Crippen MR) is 32.3 cm³/mol. The average molecular weight is 129 g/mol. The zero-order valence-electron chi connectivity index (χ0n) is 5.35. The summed E-state index contributed by atoms with van der Waals surface area (Å²) in [6.07, 6.45) is 0. The fraction of sp³-hybridized carbons (Fsp3) is 0.400. The number of aromatic nitrogens is 2. The molecular weight excluding hydrogens is 121 g/mol. The van der Waals surface area contributed by atoms with E-state index in [1.807, 2.05) is 0 Å². The maximum absolute atomic E-state index is 12.5. The molecule has 0 aliphatic carbocycles. The van der Waals surface area contributed by atoms with Crippen molar-refractivity contribution < 1.29 is 4.39 Å². The lowest BCUT2D eigenvalue weighted by Gasteiger charge is -1.86. The fourth-order valence-electron chi connectivity index (χ4n) is 0.646. The van der Waals surface area contributed by atoms with Crippen LogP contribution in [0.1, 0.15) is 5.69 Å². The van der Waals surface area contributed by atoms with Gasteiger partial charge in [-0.25, -0.2) is 4.68 Å². The SMILES string of the molecule is Cc1nn(C)c(F)c1N. The average Bonchev–Trinajstić information content (AvgIpc) is 1.98. The van der Waals surface area contributed by atoms with Crippen LogP contribution in [-0.4, -0.2) is 9.78 Å². The Balaban J connectivity index is 3.29. The number of nitrogen functional groups attached to an aromatic ring is 1. The highest BCUT2D eigenvalue weighted by molar-refractivity contribution is 5.40. The number of nitrogens with zero attached hydrogens (tertiary/aromatic N) is 2.